The average Bonchev–Trinajstić information content (AvgIpc) is 2.80. The van der Waals surface area contributed by atoms with Crippen LogP contribution in [-0.4, -0.2) is 24.5 Å². The minimum Gasteiger partial charge on any atom is -0.356 e. The van der Waals surface area contributed by atoms with E-state index >= 15 is 0 Å². The van der Waals surface area contributed by atoms with Crippen LogP contribution in [0.3, 0.4) is 0 Å². The molecule has 0 saturated carbocycles. The molecule has 2 fully saturated rings. The lowest BCUT2D eigenvalue weighted by molar-refractivity contribution is -0.122. The smallest absolute Gasteiger partial charge is 0.220 e. The Labute approximate surface area is 146 Å². The van der Waals surface area contributed by atoms with E-state index in [9.17, 15) is 4.79 Å². The van der Waals surface area contributed by atoms with E-state index in [0.29, 0.717) is 24.4 Å². The number of piperidine rings is 1. The Morgan fingerprint density at radius 3 is 2.57 bits per heavy atom. The molecule has 0 aromatic heterocycles. The van der Waals surface area contributed by atoms with Crippen molar-refractivity contribution in [3.8, 4) is 0 Å². The predicted octanol–water partition coefficient (Wildman–Crippen LogP) is 3.30. The third-order valence-corrected chi connectivity index (χ3v) is 5.26. The van der Waals surface area contributed by atoms with Gasteiger partial charge in [-0.15, -0.1) is 12.4 Å². The third kappa shape index (κ3) is 4.95. The Morgan fingerprint density at radius 1 is 1.22 bits per heavy atom. The Kier molecular flexibility index (Phi) is 6.49. The van der Waals surface area contributed by atoms with Gasteiger partial charge in [0.2, 0.25) is 5.91 Å². The van der Waals surface area contributed by atoms with Gasteiger partial charge in [0.1, 0.15) is 0 Å². The van der Waals surface area contributed by atoms with Crippen LogP contribution in [0.15, 0.2) is 18.2 Å². The van der Waals surface area contributed by atoms with E-state index in [2.05, 4.69) is 42.7 Å². The van der Waals surface area contributed by atoms with Crippen molar-refractivity contribution in [3.63, 3.8) is 0 Å². The fraction of sp³-hybridized carbons (Fsp3) is 0.632. The average molecular weight is 337 g/mol. The van der Waals surface area contributed by atoms with Crippen molar-refractivity contribution in [3.05, 3.63) is 34.9 Å². The number of halogens is 1. The summed E-state index contributed by atoms with van der Waals surface area (Å²) in [5.41, 5.74) is 3.96. The van der Waals surface area contributed by atoms with Crippen LogP contribution in [-0.2, 0) is 11.2 Å². The molecular weight excluding hydrogens is 308 g/mol. The molecule has 128 valence electrons. The van der Waals surface area contributed by atoms with E-state index < -0.39 is 0 Å². The molecular formula is C19H29ClN2O. The van der Waals surface area contributed by atoms with Crippen LogP contribution in [0.25, 0.3) is 0 Å². The number of carbonyl (C=O) groups excluding carboxylic acids is 1. The maximum Gasteiger partial charge on any atom is 0.220 e. The molecule has 2 aliphatic heterocycles. The number of nitrogens with one attached hydrogen (secondary N) is 2. The lowest BCUT2D eigenvalue weighted by atomic mass is 9.89. The number of hydrogen-bond donors (Lipinski definition) is 2. The predicted molar refractivity (Wildman–Crippen MR) is 97.2 cm³/mol. The van der Waals surface area contributed by atoms with Crippen LogP contribution in [0.1, 0.15) is 48.8 Å². The zero-order chi connectivity index (χ0) is 15.5. The molecule has 2 aliphatic rings. The molecule has 3 rings (SSSR count). The van der Waals surface area contributed by atoms with Crippen LogP contribution in [0.2, 0.25) is 0 Å². The quantitative estimate of drug-likeness (QED) is 0.866. The molecule has 2 bridgehead atoms. The van der Waals surface area contributed by atoms with Gasteiger partial charge < -0.3 is 10.6 Å². The van der Waals surface area contributed by atoms with Gasteiger partial charge in [-0.25, -0.2) is 0 Å². The second-order valence-corrected chi connectivity index (χ2v) is 7.21. The summed E-state index contributed by atoms with van der Waals surface area (Å²) in [5.74, 6) is 0.816. The highest BCUT2D eigenvalue weighted by Gasteiger charge is 2.33. The summed E-state index contributed by atoms with van der Waals surface area (Å²) in [6.07, 6.45) is 6.60. The summed E-state index contributed by atoms with van der Waals surface area (Å²) in [6, 6.07) is 7.89. The Balaban J connectivity index is 0.00000192. The molecule has 2 heterocycles. The number of rotatable bonds is 5. The molecule has 2 saturated heterocycles. The van der Waals surface area contributed by atoms with E-state index in [0.717, 1.165) is 13.0 Å². The first-order valence-electron chi connectivity index (χ1n) is 8.69. The summed E-state index contributed by atoms with van der Waals surface area (Å²) >= 11 is 0. The zero-order valence-corrected chi connectivity index (χ0v) is 15.0. The SMILES string of the molecule is Cc1ccc(CCNC(=O)CC2CC3CCC(C2)N3)c(C)c1.Cl. The molecule has 0 radical (unpaired) electrons. The minimum absolute atomic E-state index is 0. The number of hydrogen-bond acceptors (Lipinski definition) is 2. The highest BCUT2D eigenvalue weighted by molar-refractivity contribution is 5.85. The van der Waals surface area contributed by atoms with Gasteiger partial charge in [0.15, 0.2) is 0 Å². The van der Waals surface area contributed by atoms with Gasteiger partial charge in [0.05, 0.1) is 0 Å². The molecule has 2 atom stereocenters. The summed E-state index contributed by atoms with van der Waals surface area (Å²) in [4.78, 5) is 12.1. The van der Waals surface area contributed by atoms with Crippen LogP contribution in [0.4, 0.5) is 0 Å². The summed E-state index contributed by atoms with van der Waals surface area (Å²) in [7, 11) is 0. The van der Waals surface area contributed by atoms with Crippen molar-refractivity contribution in [1.82, 2.24) is 10.6 Å². The monoisotopic (exact) mass is 336 g/mol. The summed E-state index contributed by atoms with van der Waals surface area (Å²) in [6.45, 7) is 5.01. The van der Waals surface area contributed by atoms with Crippen molar-refractivity contribution in [2.24, 2.45) is 5.92 Å². The standard InChI is InChI=1S/C19H28N2O.ClH/c1-13-3-4-16(14(2)9-13)7-8-20-19(22)12-15-10-17-5-6-18(11-15)21-17;/h3-4,9,15,17-18,21H,5-8,10-12H2,1-2H3,(H,20,22);1H. The molecule has 23 heavy (non-hydrogen) atoms. The van der Waals surface area contributed by atoms with E-state index in [1.807, 2.05) is 0 Å². The number of benzene rings is 1. The molecule has 0 spiro atoms. The van der Waals surface area contributed by atoms with Gasteiger partial charge >= 0.3 is 0 Å². The van der Waals surface area contributed by atoms with E-state index in [4.69, 9.17) is 0 Å². The second-order valence-electron chi connectivity index (χ2n) is 7.21. The first-order valence-corrected chi connectivity index (χ1v) is 8.69. The summed E-state index contributed by atoms with van der Waals surface area (Å²) in [5, 5.41) is 6.75. The van der Waals surface area contributed by atoms with Crippen molar-refractivity contribution in [1.29, 1.82) is 0 Å². The molecule has 2 unspecified atom stereocenters. The number of aryl methyl sites for hydroxylation is 2. The van der Waals surface area contributed by atoms with E-state index in [1.165, 1.54) is 42.4 Å². The topological polar surface area (TPSA) is 41.1 Å². The molecule has 1 aromatic rings. The van der Waals surface area contributed by atoms with Gasteiger partial charge in [-0.2, -0.15) is 0 Å². The first kappa shape index (κ1) is 18.3. The molecule has 4 heteroatoms. The Bertz CT molecular complexity index is 534. The van der Waals surface area contributed by atoms with E-state index in [1.54, 1.807) is 0 Å². The lowest BCUT2D eigenvalue weighted by Gasteiger charge is -2.28. The Hall–Kier alpha value is -1.06. The fourth-order valence-electron chi connectivity index (χ4n) is 4.14. The molecule has 1 aromatic carbocycles. The molecule has 1 amide bonds. The van der Waals surface area contributed by atoms with Crippen LogP contribution >= 0.6 is 12.4 Å². The first-order chi connectivity index (χ1) is 10.6. The van der Waals surface area contributed by atoms with Crippen molar-refractivity contribution < 1.29 is 4.79 Å². The van der Waals surface area contributed by atoms with Gasteiger partial charge in [-0.3, -0.25) is 4.79 Å². The normalized spacial score (nSPS) is 25.7. The number of fused-ring (bicyclic) bond motifs is 2. The second kappa shape index (κ2) is 8.16. The maximum atomic E-state index is 12.1. The van der Waals surface area contributed by atoms with Crippen molar-refractivity contribution >= 4 is 18.3 Å². The summed E-state index contributed by atoms with van der Waals surface area (Å²) < 4.78 is 0. The van der Waals surface area contributed by atoms with Crippen molar-refractivity contribution in [2.45, 2.75) is 64.5 Å². The highest BCUT2D eigenvalue weighted by Crippen LogP contribution is 2.32. The maximum absolute atomic E-state index is 12.1. The lowest BCUT2D eigenvalue weighted by Crippen LogP contribution is -2.39. The van der Waals surface area contributed by atoms with Gasteiger partial charge in [0.25, 0.3) is 0 Å². The highest BCUT2D eigenvalue weighted by atomic mass is 35.5. The minimum atomic E-state index is 0. The zero-order valence-electron chi connectivity index (χ0n) is 14.2. The molecule has 0 aliphatic carbocycles. The van der Waals surface area contributed by atoms with Gasteiger partial charge in [-0.05, 0) is 63.0 Å². The van der Waals surface area contributed by atoms with Crippen LogP contribution < -0.4 is 10.6 Å². The van der Waals surface area contributed by atoms with Gasteiger partial charge in [0, 0.05) is 25.0 Å². The van der Waals surface area contributed by atoms with Gasteiger partial charge in [-0.1, -0.05) is 23.8 Å². The Morgan fingerprint density at radius 2 is 1.91 bits per heavy atom. The molecule has 3 nitrogen and oxygen atoms in total. The van der Waals surface area contributed by atoms with Crippen LogP contribution in [0.5, 0.6) is 0 Å². The number of carbonyl (C=O) groups is 1. The molecule has 2 N–H and O–H groups in total. The van der Waals surface area contributed by atoms with Crippen molar-refractivity contribution in [2.75, 3.05) is 6.54 Å². The van der Waals surface area contributed by atoms with E-state index in [-0.39, 0.29) is 18.3 Å². The number of amides is 1. The van der Waals surface area contributed by atoms with Crippen LogP contribution in [0, 0.1) is 19.8 Å². The third-order valence-electron chi connectivity index (χ3n) is 5.26. The fourth-order valence-corrected chi connectivity index (χ4v) is 4.14. The largest absolute Gasteiger partial charge is 0.356 e.